The number of hydrogen-bond acceptors (Lipinski definition) is 8. The lowest BCUT2D eigenvalue weighted by Crippen LogP contribution is -2.38. The minimum atomic E-state index is -0.678. The van der Waals surface area contributed by atoms with Crippen LogP contribution >= 0.6 is 0 Å². The quantitative estimate of drug-likeness (QED) is 0.408. The van der Waals surface area contributed by atoms with Crippen LogP contribution in [0.15, 0.2) is 48.9 Å². The monoisotopic (exact) mass is 518 g/mol. The van der Waals surface area contributed by atoms with Gasteiger partial charge in [-0.1, -0.05) is 0 Å². The number of nitrogens with zero attached hydrogens (tertiary/aromatic N) is 5. The number of pyridine rings is 3. The van der Waals surface area contributed by atoms with Crippen molar-refractivity contribution in [3.8, 4) is 11.3 Å². The normalized spacial score (nSPS) is 16.2. The molecule has 38 heavy (non-hydrogen) atoms. The Kier molecular flexibility index (Phi) is 6.73. The van der Waals surface area contributed by atoms with Crippen LogP contribution in [0, 0.1) is 18.6 Å². The van der Waals surface area contributed by atoms with Gasteiger partial charge in [0.15, 0.2) is 5.82 Å². The maximum absolute atomic E-state index is 15.4. The largest absolute Gasteiger partial charge is 0.378 e. The van der Waals surface area contributed by atoms with Gasteiger partial charge in [-0.15, -0.1) is 0 Å². The highest BCUT2D eigenvalue weighted by atomic mass is 19.1. The molecule has 0 unspecified atom stereocenters. The fourth-order valence-electron chi connectivity index (χ4n) is 5.05. The highest BCUT2D eigenvalue weighted by Crippen LogP contribution is 2.39. The molecule has 8 nitrogen and oxygen atoms in total. The number of benzene rings is 1. The van der Waals surface area contributed by atoms with E-state index in [-0.39, 0.29) is 10.9 Å². The summed E-state index contributed by atoms with van der Waals surface area (Å²) in [7, 11) is 0. The lowest BCUT2D eigenvalue weighted by molar-refractivity contribution is 0.122. The van der Waals surface area contributed by atoms with Gasteiger partial charge in [0.1, 0.15) is 11.6 Å². The Hall–Kier alpha value is -3.89. The van der Waals surface area contributed by atoms with E-state index in [2.05, 4.69) is 25.1 Å². The third-order valence-electron chi connectivity index (χ3n) is 7.00. The van der Waals surface area contributed by atoms with Gasteiger partial charge in [0, 0.05) is 56.3 Å². The van der Waals surface area contributed by atoms with Gasteiger partial charge in [0.2, 0.25) is 0 Å². The van der Waals surface area contributed by atoms with E-state index in [9.17, 15) is 4.39 Å². The Morgan fingerprint density at radius 2 is 1.58 bits per heavy atom. The fraction of sp³-hybridized carbons (Fsp3) is 0.321. The molecule has 5 heterocycles. The molecule has 10 heteroatoms. The number of morpholine rings is 2. The molecule has 4 aromatic rings. The molecule has 0 atom stereocenters. The Morgan fingerprint density at radius 3 is 2.29 bits per heavy atom. The number of ether oxygens (including phenoxy) is 2. The second-order valence-electron chi connectivity index (χ2n) is 9.37. The average Bonchev–Trinajstić information content (AvgIpc) is 2.95. The van der Waals surface area contributed by atoms with Crippen LogP contribution in [0.1, 0.15) is 5.56 Å². The first-order valence-corrected chi connectivity index (χ1v) is 12.7. The van der Waals surface area contributed by atoms with Crippen molar-refractivity contribution in [2.24, 2.45) is 0 Å². The maximum atomic E-state index is 15.4. The summed E-state index contributed by atoms with van der Waals surface area (Å²) >= 11 is 0. The number of nitrogens with one attached hydrogen (secondary N) is 1. The highest BCUT2D eigenvalue weighted by molar-refractivity contribution is 5.99. The molecule has 2 saturated heterocycles. The van der Waals surface area contributed by atoms with Crippen molar-refractivity contribution in [1.29, 1.82) is 0 Å². The molecule has 2 aliphatic rings. The molecule has 3 aromatic heterocycles. The first-order chi connectivity index (χ1) is 18.6. The van der Waals surface area contributed by atoms with Crippen molar-refractivity contribution in [2.45, 2.75) is 6.92 Å². The van der Waals surface area contributed by atoms with E-state index in [4.69, 9.17) is 14.5 Å². The van der Waals surface area contributed by atoms with Crippen LogP contribution in [0.25, 0.3) is 22.2 Å². The van der Waals surface area contributed by atoms with Crippen molar-refractivity contribution in [3.05, 3.63) is 66.1 Å². The molecule has 6 rings (SSSR count). The summed E-state index contributed by atoms with van der Waals surface area (Å²) < 4.78 is 40.7. The molecular formula is C28H28F2N6O2. The molecule has 1 aromatic carbocycles. The predicted molar refractivity (Wildman–Crippen MR) is 143 cm³/mol. The second kappa shape index (κ2) is 10.5. The number of halogens is 2. The van der Waals surface area contributed by atoms with Crippen LogP contribution in [0.3, 0.4) is 0 Å². The molecule has 0 bridgehead atoms. The van der Waals surface area contributed by atoms with E-state index < -0.39 is 11.6 Å². The van der Waals surface area contributed by atoms with Crippen molar-refractivity contribution in [2.75, 3.05) is 67.7 Å². The maximum Gasteiger partial charge on any atom is 0.152 e. The van der Waals surface area contributed by atoms with Gasteiger partial charge < -0.3 is 24.6 Å². The zero-order chi connectivity index (χ0) is 26.1. The molecule has 0 saturated carbocycles. The molecule has 0 radical (unpaired) electrons. The van der Waals surface area contributed by atoms with Gasteiger partial charge in [-0.25, -0.2) is 18.7 Å². The Morgan fingerprint density at radius 1 is 0.895 bits per heavy atom. The zero-order valence-corrected chi connectivity index (χ0v) is 21.1. The van der Waals surface area contributed by atoms with Crippen LogP contribution in [0.2, 0.25) is 0 Å². The predicted octanol–water partition coefficient (Wildman–Crippen LogP) is 4.70. The number of anilines is 4. The van der Waals surface area contributed by atoms with Crippen LogP contribution in [0.4, 0.5) is 31.7 Å². The first-order valence-electron chi connectivity index (χ1n) is 12.7. The van der Waals surface area contributed by atoms with E-state index in [1.54, 1.807) is 12.4 Å². The Bertz CT molecular complexity index is 1460. The topological polar surface area (TPSA) is 75.6 Å². The molecule has 0 spiro atoms. The van der Waals surface area contributed by atoms with E-state index in [1.165, 1.54) is 6.07 Å². The van der Waals surface area contributed by atoms with E-state index in [0.29, 0.717) is 50.9 Å². The van der Waals surface area contributed by atoms with Crippen molar-refractivity contribution in [1.82, 2.24) is 15.0 Å². The number of rotatable bonds is 5. The lowest BCUT2D eigenvalue weighted by Gasteiger charge is -2.32. The summed E-state index contributed by atoms with van der Waals surface area (Å²) in [6.45, 7) is 7.29. The van der Waals surface area contributed by atoms with E-state index in [0.717, 1.165) is 47.5 Å². The van der Waals surface area contributed by atoms with Crippen LogP contribution in [0.5, 0.6) is 0 Å². The summed E-state index contributed by atoms with van der Waals surface area (Å²) in [6, 6.07) is 7.87. The number of hydrogen-bond donors (Lipinski definition) is 1. The summed E-state index contributed by atoms with van der Waals surface area (Å²) in [6.07, 6.45) is 5.22. The van der Waals surface area contributed by atoms with Crippen LogP contribution in [-0.4, -0.2) is 67.6 Å². The molecular weight excluding hydrogens is 490 g/mol. The zero-order valence-electron chi connectivity index (χ0n) is 21.1. The average molecular weight is 519 g/mol. The molecule has 0 aliphatic carbocycles. The van der Waals surface area contributed by atoms with Gasteiger partial charge in [-0.05, 0) is 30.7 Å². The standard InChI is InChI=1S/C28H28F2N6O2/c1-18-26(19-2-4-31-5-3-19)33-23-15-20(29)14-22(30)25(23)27(18)34-24-16-21(35-6-10-37-11-7-35)17-32-28(24)36-8-12-38-13-9-36/h2-5,14-17H,6-13H2,1H3,(H,33,34). The third kappa shape index (κ3) is 4.72. The first kappa shape index (κ1) is 24.4. The fourth-order valence-corrected chi connectivity index (χ4v) is 5.05. The van der Waals surface area contributed by atoms with Crippen molar-refractivity contribution >= 4 is 33.8 Å². The SMILES string of the molecule is Cc1c(-c2ccncc2)nc2cc(F)cc(F)c2c1Nc1cc(N2CCOCC2)cnc1N1CCOCC1. The third-order valence-corrected chi connectivity index (χ3v) is 7.00. The summed E-state index contributed by atoms with van der Waals surface area (Å²) in [5.41, 5.74) is 4.60. The molecule has 0 amide bonds. The Balaban J connectivity index is 1.52. The lowest BCUT2D eigenvalue weighted by atomic mass is 10.0. The van der Waals surface area contributed by atoms with Gasteiger partial charge in [0.25, 0.3) is 0 Å². The highest BCUT2D eigenvalue weighted by Gasteiger charge is 2.23. The minimum Gasteiger partial charge on any atom is -0.378 e. The van der Waals surface area contributed by atoms with E-state index in [1.807, 2.05) is 31.3 Å². The number of aromatic nitrogens is 3. The molecule has 2 aliphatic heterocycles. The Labute approximate surface area is 219 Å². The second-order valence-corrected chi connectivity index (χ2v) is 9.37. The van der Waals surface area contributed by atoms with Crippen LogP contribution < -0.4 is 15.1 Å². The van der Waals surface area contributed by atoms with Gasteiger partial charge >= 0.3 is 0 Å². The summed E-state index contributed by atoms with van der Waals surface area (Å²) in [4.78, 5) is 18.0. The minimum absolute atomic E-state index is 0.228. The molecule has 2 fully saturated rings. The van der Waals surface area contributed by atoms with Gasteiger partial charge in [-0.2, -0.15) is 0 Å². The summed E-state index contributed by atoms with van der Waals surface area (Å²) in [5.74, 6) is -0.602. The van der Waals surface area contributed by atoms with Gasteiger partial charge in [0.05, 0.1) is 66.3 Å². The summed E-state index contributed by atoms with van der Waals surface area (Å²) in [5, 5.41) is 3.74. The number of fused-ring (bicyclic) bond motifs is 1. The molecule has 1 N–H and O–H groups in total. The van der Waals surface area contributed by atoms with Crippen LogP contribution in [-0.2, 0) is 9.47 Å². The van der Waals surface area contributed by atoms with Gasteiger partial charge in [-0.3, -0.25) is 4.98 Å². The molecule has 196 valence electrons. The van der Waals surface area contributed by atoms with Crippen molar-refractivity contribution in [3.63, 3.8) is 0 Å². The van der Waals surface area contributed by atoms with Crippen molar-refractivity contribution < 1.29 is 18.3 Å². The smallest absolute Gasteiger partial charge is 0.152 e. The van der Waals surface area contributed by atoms with E-state index >= 15 is 4.39 Å².